The molecule has 0 bridgehead atoms. The Morgan fingerprint density at radius 3 is 2.21 bits per heavy atom. The summed E-state index contributed by atoms with van der Waals surface area (Å²) >= 11 is 0. The van der Waals surface area contributed by atoms with Crippen molar-refractivity contribution in [3.8, 4) is 0 Å². The molecule has 0 aromatic heterocycles. The minimum absolute atomic E-state index is 0.0880. The molecule has 3 amide bonds. The fourth-order valence-corrected chi connectivity index (χ4v) is 5.76. The Labute approximate surface area is 198 Å². The molecule has 3 aliphatic rings. The Balaban J connectivity index is 1.48. The number of nitrogens with zero attached hydrogens (tertiary/aromatic N) is 2. The number of hydrogen-bond acceptors (Lipinski definition) is 5. The highest BCUT2D eigenvalue weighted by atomic mass is 16.5. The normalized spacial score (nSPS) is 24.0. The summed E-state index contributed by atoms with van der Waals surface area (Å²) < 4.78 is 5.00. The molecular weight excluding hydrogens is 432 g/mol. The largest absolute Gasteiger partial charge is 0.469 e. The zero-order chi connectivity index (χ0) is 23.8. The van der Waals surface area contributed by atoms with E-state index < -0.39 is 17.9 Å². The molecule has 2 aliphatic heterocycles. The number of carbonyl (C=O) groups is 4. The van der Waals surface area contributed by atoms with Gasteiger partial charge in [0.2, 0.25) is 5.91 Å². The monoisotopic (exact) mass is 460 g/mol. The van der Waals surface area contributed by atoms with Gasteiger partial charge in [-0.25, -0.2) is 0 Å². The molecule has 0 spiro atoms. The first-order chi connectivity index (χ1) is 16.5. The first kappa shape index (κ1) is 22.3. The number of imide groups is 1. The Hall–Kier alpha value is -3.48. The van der Waals surface area contributed by atoms with E-state index in [1.165, 1.54) is 12.0 Å². The Morgan fingerprint density at radius 1 is 0.912 bits per heavy atom. The van der Waals surface area contributed by atoms with Gasteiger partial charge in [-0.05, 0) is 42.5 Å². The fraction of sp³-hybridized carbons (Fsp3) is 0.407. The van der Waals surface area contributed by atoms with Crippen LogP contribution in [0.25, 0.3) is 0 Å². The first-order valence-electron chi connectivity index (χ1n) is 11.9. The van der Waals surface area contributed by atoms with E-state index in [1.807, 2.05) is 24.3 Å². The molecule has 5 rings (SSSR count). The first-order valence-corrected chi connectivity index (χ1v) is 11.9. The number of benzene rings is 2. The minimum Gasteiger partial charge on any atom is -0.469 e. The maximum atomic E-state index is 13.9. The summed E-state index contributed by atoms with van der Waals surface area (Å²) in [6.07, 6.45) is 3.74. The summed E-state index contributed by atoms with van der Waals surface area (Å²) in [5.74, 6) is -2.00. The summed E-state index contributed by atoms with van der Waals surface area (Å²) in [6, 6.07) is 14.2. The van der Waals surface area contributed by atoms with Crippen molar-refractivity contribution in [3.63, 3.8) is 0 Å². The molecule has 0 N–H and O–H groups in total. The van der Waals surface area contributed by atoms with Crippen molar-refractivity contribution < 1.29 is 23.9 Å². The van der Waals surface area contributed by atoms with Crippen LogP contribution in [0.4, 0.5) is 0 Å². The Morgan fingerprint density at radius 2 is 1.53 bits per heavy atom. The van der Waals surface area contributed by atoms with E-state index in [9.17, 15) is 19.2 Å². The lowest BCUT2D eigenvalue weighted by Gasteiger charge is -2.42. The molecule has 7 heteroatoms. The van der Waals surface area contributed by atoms with Crippen LogP contribution >= 0.6 is 0 Å². The third-order valence-electron chi connectivity index (χ3n) is 7.52. The van der Waals surface area contributed by atoms with Gasteiger partial charge in [-0.1, -0.05) is 49.2 Å². The van der Waals surface area contributed by atoms with E-state index in [0.29, 0.717) is 36.9 Å². The number of amides is 3. The van der Waals surface area contributed by atoms with Crippen molar-refractivity contribution in [2.75, 3.05) is 20.2 Å². The van der Waals surface area contributed by atoms with Crippen LogP contribution in [-0.4, -0.2) is 53.7 Å². The fourth-order valence-electron chi connectivity index (χ4n) is 5.76. The number of rotatable bonds is 4. The van der Waals surface area contributed by atoms with Crippen LogP contribution in [0.15, 0.2) is 48.5 Å². The summed E-state index contributed by atoms with van der Waals surface area (Å²) in [5, 5.41) is 0. The molecule has 1 aliphatic carbocycles. The summed E-state index contributed by atoms with van der Waals surface area (Å²) in [5.41, 5.74) is 2.85. The Bertz CT molecular complexity index is 1120. The van der Waals surface area contributed by atoms with Gasteiger partial charge in [0.05, 0.1) is 42.7 Å². The molecule has 0 saturated heterocycles. The highest BCUT2D eigenvalue weighted by molar-refractivity contribution is 6.21. The zero-order valence-corrected chi connectivity index (χ0v) is 19.2. The van der Waals surface area contributed by atoms with E-state index in [4.69, 9.17) is 4.74 Å². The van der Waals surface area contributed by atoms with Gasteiger partial charge in [0.1, 0.15) is 0 Å². The molecule has 0 radical (unpaired) electrons. The smallest absolute Gasteiger partial charge is 0.309 e. The van der Waals surface area contributed by atoms with E-state index in [1.54, 1.807) is 29.2 Å². The average Bonchev–Trinajstić information content (AvgIpc) is 3.13. The van der Waals surface area contributed by atoms with Gasteiger partial charge < -0.3 is 9.64 Å². The van der Waals surface area contributed by atoms with Gasteiger partial charge in [-0.15, -0.1) is 0 Å². The van der Waals surface area contributed by atoms with Gasteiger partial charge in [-0.2, -0.15) is 0 Å². The molecule has 34 heavy (non-hydrogen) atoms. The lowest BCUT2D eigenvalue weighted by molar-refractivity contribution is -0.156. The summed E-state index contributed by atoms with van der Waals surface area (Å²) in [4.78, 5) is 55.6. The van der Waals surface area contributed by atoms with Crippen LogP contribution in [0.2, 0.25) is 0 Å². The van der Waals surface area contributed by atoms with Gasteiger partial charge in [0.25, 0.3) is 11.8 Å². The van der Waals surface area contributed by atoms with Crippen molar-refractivity contribution in [2.24, 2.45) is 11.8 Å². The second-order valence-corrected chi connectivity index (χ2v) is 9.28. The molecule has 176 valence electrons. The predicted molar refractivity (Wildman–Crippen MR) is 124 cm³/mol. The number of ether oxygens (including phenoxy) is 1. The molecule has 3 atom stereocenters. The third-order valence-corrected chi connectivity index (χ3v) is 7.52. The van der Waals surface area contributed by atoms with Crippen molar-refractivity contribution in [2.45, 2.75) is 38.1 Å². The van der Waals surface area contributed by atoms with Crippen molar-refractivity contribution in [1.82, 2.24) is 9.80 Å². The van der Waals surface area contributed by atoms with Gasteiger partial charge in [-0.3, -0.25) is 24.1 Å². The minimum atomic E-state index is -0.458. The highest BCUT2D eigenvalue weighted by Crippen LogP contribution is 2.38. The van der Waals surface area contributed by atoms with Crippen molar-refractivity contribution >= 4 is 23.7 Å². The maximum absolute atomic E-state index is 13.9. The molecule has 1 fully saturated rings. The maximum Gasteiger partial charge on any atom is 0.309 e. The van der Waals surface area contributed by atoms with E-state index >= 15 is 0 Å². The van der Waals surface area contributed by atoms with Crippen LogP contribution in [0.3, 0.4) is 0 Å². The van der Waals surface area contributed by atoms with E-state index in [-0.39, 0.29) is 30.2 Å². The molecule has 0 unspecified atom stereocenters. The molecule has 1 saturated carbocycles. The topological polar surface area (TPSA) is 84.0 Å². The quantitative estimate of drug-likeness (QED) is 0.516. The predicted octanol–water partition coefficient (Wildman–Crippen LogP) is 3.39. The number of fused-ring (bicyclic) bond motifs is 2. The van der Waals surface area contributed by atoms with Crippen LogP contribution in [0, 0.1) is 11.8 Å². The second-order valence-electron chi connectivity index (χ2n) is 9.28. The lowest BCUT2D eigenvalue weighted by Crippen LogP contribution is -2.50. The number of carbonyl (C=O) groups excluding carboxylic acids is 4. The Kier molecular flexibility index (Phi) is 5.94. The number of hydrogen-bond donors (Lipinski definition) is 0. The number of methoxy groups -OCH3 is 1. The zero-order valence-electron chi connectivity index (χ0n) is 19.2. The van der Waals surface area contributed by atoms with Crippen molar-refractivity contribution in [1.29, 1.82) is 0 Å². The highest BCUT2D eigenvalue weighted by Gasteiger charge is 2.44. The van der Waals surface area contributed by atoms with E-state index in [2.05, 4.69) is 0 Å². The molecule has 2 aromatic rings. The molecule has 7 nitrogen and oxygen atoms in total. The SMILES string of the molecule is COC(=O)[C@H]1CCCC[C@H]1C(=O)N1CCc2ccccc2[C@H]1CN1C(=O)c2ccccc2C1=O. The molecular formula is C27H28N2O5. The van der Waals surface area contributed by atoms with E-state index in [0.717, 1.165) is 24.0 Å². The van der Waals surface area contributed by atoms with Gasteiger partial charge in [0, 0.05) is 6.54 Å². The van der Waals surface area contributed by atoms with Crippen LogP contribution < -0.4 is 0 Å². The lowest BCUT2D eigenvalue weighted by atomic mass is 9.77. The van der Waals surface area contributed by atoms with Gasteiger partial charge in [0.15, 0.2) is 0 Å². The van der Waals surface area contributed by atoms with Gasteiger partial charge >= 0.3 is 5.97 Å². The summed E-state index contributed by atoms with van der Waals surface area (Å²) in [6.45, 7) is 0.568. The standard InChI is InChI=1S/C27H28N2O5/c1-34-27(33)22-13-7-6-12-21(22)24(30)28-15-14-17-8-2-3-9-18(17)23(28)16-29-25(31)19-10-4-5-11-20(19)26(29)32/h2-5,8-11,21-23H,6-7,12-16H2,1H3/t21-,22+,23-/m1/s1. The van der Waals surface area contributed by atoms with Crippen molar-refractivity contribution in [3.05, 3.63) is 70.8 Å². The second kappa shape index (κ2) is 9.05. The van der Waals surface area contributed by atoms with Crippen LogP contribution in [-0.2, 0) is 20.7 Å². The summed E-state index contributed by atoms with van der Waals surface area (Å²) in [7, 11) is 1.36. The molecule has 2 aromatic carbocycles. The average molecular weight is 461 g/mol. The number of esters is 1. The molecule has 2 heterocycles. The van der Waals surface area contributed by atoms with Crippen LogP contribution in [0.5, 0.6) is 0 Å². The third kappa shape index (κ3) is 3.69. The van der Waals surface area contributed by atoms with Crippen LogP contribution in [0.1, 0.15) is 63.6 Å².